The standard InChI is InChI=1S/C14H17Cl2NO/c1-9-3-4-11(12(16)7-9)14(18)17-6-5-10(2)13(17)8-15/h3-4,7,10,13H,5-6,8H2,1-2H3. The topological polar surface area (TPSA) is 20.3 Å². The molecular formula is C14H17Cl2NO. The van der Waals surface area contributed by atoms with Gasteiger partial charge in [0.25, 0.3) is 5.91 Å². The Balaban J connectivity index is 2.26. The number of amides is 1. The van der Waals surface area contributed by atoms with Gasteiger partial charge in [-0.2, -0.15) is 0 Å². The molecule has 0 aromatic heterocycles. The highest BCUT2D eigenvalue weighted by atomic mass is 35.5. The molecule has 1 amide bonds. The van der Waals surface area contributed by atoms with Crippen molar-refractivity contribution in [1.29, 1.82) is 0 Å². The van der Waals surface area contributed by atoms with Crippen molar-refractivity contribution >= 4 is 29.1 Å². The Hall–Kier alpha value is -0.730. The highest BCUT2D eigenvalue weighted by Crippen LogP contribution is 2.28. The van der Waals surface area contributed by atoms with Crippen molar-refractivity contribution in [2.24, 2.45) is 5.92 Å². The van der Waals surface area contributed by atoms with Crippen LogP contribution in [0.1, 0.15) is 29.3 Å². The van der Waals surface area contributed by atoms with Crippen molar-refractivity contribution in [3.8, 4) is 0 Å². The van der Waals surface area contributed by atoms with Crippen LogP contribution in [0.5, 0.6) is 0 Å². The number of alkyl halides is 1. The highest BCUT2D eigenvalue weighted by Gasteiger charge is 2.34. The van der Waals surface area contributed by atoms with Crippen LogP contribution in [-0.4, -0.2) is 29.3 Å². The van der Waals surface area contributed by atoms with E-state index in [1.165, 1.54) is 0 Å². The fraction of sp³-hybridized carbons (Fsp3) is 0.500. The zero-order valence-corrected chi connectivity index (χ0v) is 12.1. The molecule has 1 heterocycles. The zero-order chi connectivity index (χ0) is 13.3. The van der Waals surface area contributed by atoms with E-state index < -0.39 is 0 Å². The van der Waals surface area contributed by atoms with E-state index in [4.69, 9.17) is 23.2 Å². The summed E-state index contributed by atoms with van der Waals surface area (Å²) in [7, 11) is 0. The van der Waals surface area contributed by atoms with Gasteiger partial charge in [0.05, 0.1) is 10.6 Å². The van der Waals surface area contributed by atoms with Crippen molar-refractivity contribution in [2.75, 3.05) is 12.4 Å². The van der Waals surface area contributed by atoms with E-state index in [2.05, 4.69) is 6.92 Å². The number of benzene rings is 1. The summed E-state index contributed by atoms with van der Waals surface area (Å²) in [6.45, 7) is 4.86. The third kappa shape index (κ3) is 2.50. The lowest BCUT2D eigenvalue weighted by Gasteiger charge is -2.25. The molecule has 2 rings (SSSR count). The normalized spacial score (nSPS) is 23.4. The van der Waals surface area contributed by atoms with Crippen LogP contribution in [-0.2, 0) is 0 Å². The Morgan fingerprint density at radius 1 is 1.50 bits per heavy atom. The number of rotatable bonds is 2. The van der Waals surface area contributed by atoms with E-state index >= 15 is 0 Å². The third-order valence-corrected chi connectivity index (χ3v) is 4.29. The molecule has 1 saturated heterocycles. The summed E-state index contributed by atoms with van der Waals surface area (Å²) in [6.07, 6.45) is 1.01. The van der Waals surface area contributed by atoms with Gasteiger partial charge in [-0.3, -0.25) is 4.79 Å². The van der Waals surface area contributed by atoms with Gasteiger partial charge < -0.3 is 4.90 Å². The zero-order valence-electron chi connectivity index (χ0n) is 10.6. The molecule has 0 N–H and O–H groups in total. The molecule has 0 bridgehead atoms. The Morgan fingerprint density at radius 3 is 2.83 bits per heavy atom. The second kappa shape index (κ2) is 5.50. The summed E-state index contributed by atoms with van der Waals surface area (Å²) in [4.78, 5) is 14.3. The van der Waals surface area contributed by atoms with Gasteiger partial charge in [0.2, 0.25) is 0 Å². The van der Waals surface area contributed by atoms with Crippen molar-refractivity contribution in [3.05, 3.63) is 34.3 Å². The first-order valence-corrected chi connectivity index (χ1v) is 7.09. The first-order chi connectivity index (χ1) is 8.54. The summed E-state index contributed by atoms with van der Waals surface area (Å²) in [5, 5.41) is 0.521. The lowest BCUT2D eigenvalue weighted by Crippen LogP contribution is -2.38. The molecule has 2 unspecified atom stereocenters. The fourth-order valence-corrected chi connectivity index (χ4v) is 3.23. The number of hydrogen-bond acceptors (Lipinski definition) is 1. The van der Waals surface area contributed by atoms with Crippen LogP contribution in [0.3, 0.4) is 0 Å². The van der Waals surface area contributed by atoms with Crippen LogP contribution >= 0.6 is 23.2 Å². The molecule has 4 heteroatoms. The molecule has 1 aromatic rings. The van der Waals surface area contributed by atoms with Crippen molar-refractivity contribution in [2.45, 2.75) is 26.3 Å². The number of likely N-dealkylation sites (tertiary alicyclic amines) is 1. The summed E-state index contributed by atoms with van der Waals surface area (Å²) >= 11 is 12.1. The van der Waals surface area contributed by atoms with Crippen LogP contribution in [0, 0.1) is 12.8 Å². The van der Waals surface area contributed by atoms with E-state index in [0.717, 1.165) is 18.5 Å². The maximum atomic E-state index is 12.5. The average Bonchev–Trinajstić information content (AvgIpc) is 2.69. The molecular weight excluding hydrogens is 269 g/mol. The summed E-state index contributed by atoms with van der Waals surface area (Å²) in [5.41, 5.74) is 1.63. The van der Waals surface area contributed by atoms with Crippen molar-refractivity contribution < 1.29 is 4.79 Å². The first kappa shape index (κ1) is 13.7. The Labute approximate surface area is 118 Å². The maximum absolute atomic E-state index is 12.5. The van der Waals surface area contributed by atoms with Gasteiger partial charge in [0, 0.05) is 18.5 Å². The monoisotopic (exact) mass is 285 g/mol. The van der Waals surface area contributed by atoms with Crippen LogP contribution in [0.2, 0.25) is 5.02 Å². The summed E-state index contributed by atoms with van der Waals surface area (Å²) < 4.78 is 0. The maximum Gasteiger partial charge on any atom is 0.255 e. The molecule has 2 atom stereocenters. The molecule has 0 aliphatic carbocycles. The van der Waals surface area contributed by atoms with Gasteiger partial charge in [-0.05, 0) is 37.0 Å². The van der Waals surface area contributed by atoms with Crippen LogP contribution in [0.4, 0.5) is 0 Å². The molecule has 0 radical (unpaired) electrons. The number of aryl methyl sites for hydroxylation is 1. The van der Waals surface area contributed by atoms with Crippen molar-refractivity contribution in [3.63, 3.8) is 0 Å². The summed E-state index contributed by atoms with van der Waals surface area (Å²) in [5.74, 6) is 0.932. The first-order valence-electron chi connectivity index (χ1n) is 6.17. The lowest BCUT2D eigenvalue weighted by atomic mass is 10.0. The minimum absolute atomic E-state index is 0.00463. The van der Waals surface area contributed by atoms with E-state index in [1.54, 1.807) is 6.07 Å². The minimum atomic E-state index is -0.00463. The fourth-order valence-electron chi connectivity index (χ4n) is 2.44. The lowest BCUT2D eigenvalue weighted by molar-refractivity contribution is 0.0737. The number of hydrogen-bond donors (Lipinski definition) is 0. The summed E-state index contributed by atoms with van der Waals surface area (Å²) in [6, 6.07) is 5.66. The van der Waals surface area contributed by atoms with Gasteiger partial charge >= 0.3 is 0 Å². The number of nitrogens with zero attached hydrogens (tertiary/aromatic N) is 1. The molecule has 1 aliphatic rings. The second-order valence-electron chi connectivity index (χ2n) is 4.97. The SMILES string of the molecule is Cc1ccc(C(=O)N2CCC(C)C2CCl)c(Cl)c1. The number of carbonyl (C=O) groups excluding carboxylic acids is 1. The predicted octanol–water partition coefficient (Wildman–Crippen LogP) is 3.74. The third-order valence-electron chi connectivity index (χ3n) is 3.66. The minimum Gasteiger partial charge on any atom is -0.334 e. The largest absolute Gasteiger partial charge is 0.334 e. The van der Waals surface area contributed by atoms with Crippen LogP contribution < -0.4 is 0 Å². The van der Waals surface area contributed by atoms with E-state index in [-0.39, 0.29) is 11.9 Å². The molecule has 18 heavy (non-hydrogen) atoms. The van der Waals surface area contributed by atoms with Crippen LogP contribution in [0.25, 0.3) is 0 Å². The Morgan fingerprint density at radius 2 is 2.22 bits per heavy atom. The van der Waals surface area contributed by atoms with Gasteiger partial charge in [-0.15, -0.1) is 11.6 Å². The van der Waals surface area contributed by atoms with E-state index in [0.29, 0.717) is 22.4 Å². The van der Waals surface area contributed by atoms with Gasteiger partial charge in [0.15, 0.2) is 0 Å². The Kier molecular flexibility index (Phi) is 4.18. The Bertz CT molecular complexity index is 461. The average molecular weight is 286 g/mol. The van der Waals surface area contributed by atoms with E-state index in [9.17, 15) is 4.79 Å². The molecule has 98 valence electrons. The molecule has 0 saturated carbocycles. The molecule has 1 aliphatic heterocycles. The van der Waals surface area contributed by atoms with E-state index in [1.807, 2.05) is 24.0 Å². The predicted molar refractivity (Wildman–Crippen MR) is 75.5 cm³/mol. The molecule has 2 nitrogen and oxygen atoms in total. The molecule has 1 aromatic carbocycles. The van der Waals surface area contributed by atoms with Gasteiger partial charge in [-0.1, -0.05) is 24.6 Å². The number of halogens is 2. The van der Waals surface area contributed by atoms with Gasteiger partial charge in [0.1, 0.15) is 0 Å². The highest BCUT2D eigenvalue weighted by molar-refractivity contribution is 6.33. The number of carbonyl (C=O) groups is 1. The van der Waals surface area contributed by atoms with Crippen molar-refractivity contribution in [1.82, 2.24) is 4.90 Å². The van der Waals surface area contributed by atoms with Crippen LogP contribution in [0.15, 0.2) is 18.2 Å². The second-order valence-corrected chi connectivity index (χ2v) is 5.69. The molecule has 0 spiro atoms. The van der Waals surface area contributed by atoms with Gasteiger partial charge in [-0.25, -0.2) is 0 Å². The molecule has 1 fully saturated rings. The quantitative estimate of drug-likeness (QED) is 0.758. The smallest absolute Gasteiger partial charge is 0.255 e.